The van der Waals surface area contributed by atoms with Crippen LogP contribution >= 0.6 is 23.1 Å². The lowest BCUT2D eigenvalue weighted by atomic mass is 10.2. The molecule has 4 nitrogen and oxygen atoms in total. The van der Waals surface area contributed by atoms with Crippen molar-refractivity contribution in [3.05, 3.63) is 59.3 Å². The van der Waals surface area contributed by atoms with Crippen molar-refractivity contribution in [1.29, 1.82) is 0 Å². The van der Waals surface area contributed by atoms with E-state index >= 15 is 0 Å². The van der Waals surface area contributed by atoms with Crippen molar-refractivity contribution < 1.29 is 9.53 Å². The molecule has 1 aromatic carbocycles. The summed E-state index contributed by atoms with van der Waals surface area (Å²) in [7, 11) is 0. The van der Waals surface area contributed by atoms with Gasteiger partial charge in [-0.2, -0.15) is 0 Å². The van der Waals surface area contributed by atoms with Gasteiger partial charge in [-0.3, -0.25) is 9.69 Å². The van der Waals surface area contributed by atoms with Crippen molar-refractivity contribution in [2.45, 2.75) is 30.4 Å². The van der Waals surface area contributed by atoms with Crippen LogP contribution < -0.4 is 5.32 Å². The number of rotatable bonds is 10. The van der Waals surface area contributed by atoms with Gasteiger partial charge in [-0.05, 0) is 36.4 Å². The fourth-order valence-electron chi connectivity index (χ4n) is 3.12. The summed E-state index contributed by atoms with van der Waals surface area (Å²) in [6, 6.07) is 12.1. The van der Waals surface area contributed by atoms with Gasteiger partial charge in [0, 0.05) is 35.2 Å². The molecular weight excluding hydrogens is 376 g/mol. The van der Waals surface area contributed by atoms with E-state index in [0.29, 0.717) is 6.54 Å². The Morgan fingerprint density at radius 2 is 2.26 bits per heavy atom. The molecule has 27 heavy (non-hydrogen) atoms. The molecule has 1 aromatic heterocycles. The molecule has 1 fully saturated rings. The van der Waals surface area contributed by atoms with Gasteiger partial charge in [-0.1, -0.05) is 24.3 Å². The second-order valence-corrected chi connectivity index (χ2v) is 8.62. The number of nitrogens with zero attached hydrogens (tertiary/aromatic N) is 1. The van der Waals surface area contributed by atoms with Crippen LogP contribution in [0.3, 0.4) is 0 Å². The summed E-state index contributed by atoms with van der Waals surface area (Å²) in [4.78, 5) is 17.3. The number of thioether (sulfide) groups is 1. The average Bonchev–Trinajstić information content (AvgIpc) is 3.35. The van der Waals surface area contributed by atoms with Crippen molar-refractivity contribution in [3.8, 4) is 0 Å². The molecule has 1 N–H and O–H groups in total. The third-order valence-corrected chi connectivity index (χ3v) is 6.26. The maximum Gasteiger partial charge on any atom is 0.238 e. The third-order valence-electron chi connectivity index (χ3n) is 4.33. The Morgan fingerprint density at radius 3 is 3.00 bits per heavy atom. The zero-order chi connectivity index (χ0) is 18.9. The number of benzene rings is 1. The third kappa shape index (κ3) is 6.50. The van der Waals surface area contributed by atoms with Crippen molar-refractivity contribution in [2.24, 2.45) is 0 Å². The van der Waals surface area contributed by atoms with Gasteiger partial charge >= 0.3 is 0 Å². The van der Waals surface area contributed by atoms with Gasteiger partial charge in [-0.15, -0.1) is 29.7 Å². The minimum Gasteiger partial charge on any atom is -0.377 e. The lowest BCUT2D eigenvalue weighted by molar-refractivity contribution is -0.117. The summed E-state index contributed by atoms with van der Waals surface area (Å²) in [6.07, 6.45) is 4.28. The van der Waals surface area contributed by atoms with Crippen molar-refractivity contribution >= 4 is 34.7 Å². The van der Waals surface area contributed by atoms with Crippen LogP contribution in [0.25, 0.3) is 0 Å². The highest BCUT2D eigenvalue weighted by Crippen LogP contribution is 2.27. The summed E-state index contributed by atoms with van der Waals surface area (Å²) < 4.78 is 5.78. The molecule has 1 atom stereocenters. The minimum absolute atomic E-state index is 0.0104. The zero-order valence-corrected chi connectivity index (χ0v) is 17.1. The SMILES string of the molecule is C=CCSc1ccccc1NC(=O)CN(Cc1cccs1)CC1CCCO1. The first-order chi connectivity index (χ1) is 13.2. The number of hydrogen-bond donors (Lipinski definition) is 1. The first kappa shape index (κ1) is 20.1. The molecule has 1 amide bonds. The van der Waals surface area contributed by atoms with Gasteiger partial charge in [0.05, 0.1) is 18.3 Å². The van der Waals surface area contributed by atoms with E-state index in [1.165, 1.54) is 4.88 Å². The molecule has 144 valence electrons. The summed E-state index contributed by atoms with van der Waals surface area (Å²) in [5, 5.41) is 5.16. The summed E-state index contributed by atoms with van der Waals surface area (Å²) >= 11 is 3.40. The van der Waals surface area contributed by atoms with Crippen LogP contribution in [0.15, 0.2) is 59.3 Å². The monoisotopic (exact) mass is 402 g/mol. The number of para-hydroxylation sites is 1. The topological polar surface area (TPSA) is 41.6 Å². The fourth-order valence-corrected chi connectivity index (χ4v) is 4.61. The van der Waals surface area contributed by atoms with Crippen LogP contribution in [0.4, 0.5) is 5.69 Å². The summed E-state index contributed by atoms with van der Waals surface area (Å²) in [5.41, 5.74) is 0.863. The molecule has 2 aromatic rings. The first-order valence-corrected chi connectivity index (χ1v) is 11.1. The number of carbonyl (C=O) groups excluding carboxylic acids is 1. The molecule has 3 rings (SSSR count). The van der Waals surface area contributed by atoms with E-state index in [1.54, 1.807) is 23.1 Å². The van der Waals surface area contributed by atoms with Crippen LogP contribution in [0.5, 0.6) is 0 Å². The molecule has 1 unspecified atom stereocenters. The quantitative estimate of drug-likeness (QED) is 0.464. The predicted molar refractivity (Wildman–Crippen MR) is 115 cm³/mol. The smallest absolute Gasteiger partial charge is 0.238 e. The highest BCUT2D eigenvalue weighted by Gasteiger charge is 2.21. The van der Waals surface area contributed by atoms with Gasteiger partial charge in [-0.25, -0.2) is 0 Å². The second-order valence-electron chi connectivity index (χ2n) is 6.53. The van der Waals surface area contributed by atoms with Gasteiger partial charge in [0.2, 0.25) is 5.91 Å². The highest BCUT2D eigenvalue weighted by atomic mass is 32.2. The molecule has 0 aliphatic carbocycles. The number of amides is 1. The lowest BCUT2D eigenvalue weighted by Crippen LogP contribution is -2.37. The average molecular weight is 403 g/mol. The number of nitrogens with one attached hydrogen (secondary N) is 1. The highest BCUT2D eigenvalue weighted by molar-refractivity contribution is 7.99. The van der Waals surface area contributed by atoms with Crippen molar-refractivity contribution in [1.82, 2.24) is 4.90 Å². The van der Waals surface area contributed by atoms with E-state index in [4.69, 9.17) is 4.74 Å². The van der Waals surface area contributed by atoms with Crippen LogP contribution in [0.1, 0.15) is 17.7 Å². The Hall–Kier alpha value is -1.60. The maximum atomic E-state index is 12.7. The largest absolute Gasteiger partial charge is 0.377 e. The van der Waals surface area contributed by atoms with E-state index in [1.807, 2.05) is 30.3 Å². The van der Waals surface area contributed by atoms with E-state index < -0.39 is 0 Å². The van der Waals surface area contributed by atoms with E-state index in [2.05, 4.69) is 34.3 Å². The standard InChI is InChI=1S/C21H26N2O2S2/c1-2-12-27-20-10-4-3-9-19(20)22-21(24)16-23(14-17-7-5-11-25-17)15-18-8-6-13-26-18/h2-4,6,8-10,13,17H,1,5,7,11-12,14-16H2,(H,22,24). The molecule has 0 saturated carbocycles. The zero-order valence-electron chi connectivity index (χ0n) is 15.4. The lowest BCUT2D eigenvalue weighted by Gasteiger charge is -2.24. The molecule has 0 spiro atoms. The molecule has 0 bridgehead atoms. The number of ether oxygens (including phenoxy) is 1. The molecule has 6 heteroatoms. The summed E-state index contributed by atoms with van der Waals surface area (Å²) in [5.74, 6) is 0.826. The maximum absolute atomic E-state index is 12.7. The molecule has 2 heterocycles. The van der Waals surface area contributed by atoms with E-state index in [-0.39, 0.29) is 12.0 Å². The molecule has 1 aliphatic heterocycles. The second kappa shape index (κ2) is 10.7. The van der Waals surface area contributed by atoms with E-state index in [0.717, 1.165) is 48.9 Å². The normalized spacial score (nSPS) is 16.6. The van der Waals surface area contributed by atoms with Crippen LogP contribution in [-0.2, 0) is 16.1 Å². The van der Waals surface area contributed by atoms with Crippen LogP contribution in [0.2, 0.25) is 0 Å². The molecule has 1 aliphatic rings. The fraction of sp³-hybridized carbons (Fsp3) is 0.381. The number of hydrogen-bond acceptors (Lipinski definition) is 5. The van der Waals surface area contributed by atoms with Gasteiger partial charge in [0.1, 0.15) is 0 Å². The van der Waals surface area contributed by atoms with Gasteiger partial charge < -0.3 is 10.1 Å². The molecule has 1 saturated heterocycles. The Labute approximate surface area is 169 Å². The first-order valence-electron chi connectivity index (χ1n) is 9.23. The molecule has 0 radical (unpaired) electrons. The van der Waals surface area contributed by atoms with Gasteiger partial charge in [0.15, 0.2) is 0 Å². The Morgan fingerprint density at radius 1 is 1.37 bits per heavy atom. The van der Waals surface area contributed by atoms with Crippen molar-refractivity contribution in [2.75, 3.05) is 30.8 Å². The molecular formula is C21H26N2O2S2. The Kier molecular flexibility index (Phi) is 7.95. The van der Waals surface area contributed by atoms with Crippen LogP contribution in [-0.4, -0.2) is 42.4 Å². The van der Waals surface area contributed by atoms with Crippen molar-refractivity contribution in [3.63, 3.8) is 0 Å². The minimum atomic E-state index is 0.0104. The van der Waals surface area contributed by atoms with Crippen LogP contribution in [0, 0.1) is 0 Å². The number of carbonyl (C=O) groups is 1. The summed E-state index contributed by atoms with van der Waals surface area (Å²) in [6.45, 7) is 6.52. The van der Waals surface area contributed by atoms with E-state index in [9.17, 15) is 4.79 Å². The Balaban J connectivity index is 1.62. The Bertz CT molecular complexity index is 728. The van der Waals surface area contributed by atoms with Gasteiger partial charge in [0.25, 0.3) is 0 Å². The number of anilines is 1. The predicted octanol–water partition coefficient (Wildman–Crippen LogP) is 4.65. The number of thiophene rings is 1.